The van der Waals surface area contributed by atoms with Crippen molar-refractivity contribution in [3.63, 3.8) is 0 Å². The van der Waals surface area contributed by atoms with Crippen molar-refractivity contribution in [3.8, 4) is 11.8 Å². The lowest BCUT2D eigenvalue weighted by Crippen LogP contribution is -2.19. The molecule has 1 atom stereocenters. The molecular formula is C22H24N2O6S. The fraction of sp³-hybridized carbons (Fsp3) is 0.318. The number of esters is 1. The van der Waals surface area contributed by atoms with Crippen molar-refractivity contribution >= 4 is 30.4 Å². The van der Waals surface area contributed by atoms with Crippen LogP contribution in [0.1, 0.15) is 30.1 Å². The fourth-order valence-corrected chi connectivity index (χ4v) is 2.81. The maximum absolute atomic E-state index is 12.5. The summed E-state index contributed by atoms with van der Waals surface area (Å²) in [6, 6.07) is 15.4. The fourth-order valence-electron chi connectivity index (χ4n) is 2.72. The van der Waals surface area contributed by atoms with Gasteiger partial charge in [0.05, 0.1) is 30.6 Å². The number of thiol groups is 1. The Hall–Kier alpha value is -3.22. The number of para-hydroxylation sites is 1. The highest BCUT2D eigenvalue weighted by Crippen LogP contribution is 2.31. The lowest BCUT2D eigenvalue weighted by molar-refractivity contribution is -0.140. The summed E-state index contributed by atoms with van der Waals surface area (Å²) in [6.45, 7) is 0.107. The summed E-state index contributed by atoms with van der Waals surface area (Å²) < 4.78 is 16.2. The first-order valence-electron chi connectivity index (χ1n) is 9.64. The minimum absolute atomic E-state index is 0.00917. The van der Waals surface area contributed by atoms with Gasteiger partial charge < -0.3 is 19.3 Å². The quantitative estimate of drug-likeness (QED) is 0.276. The molecule has 2 N–H and O–H groups in total. The highest BCUT2D eigenvalue weighted by atomic mass is 32.1. The number of rotatable bonds is 11. The van der Waals surface area contributed by atoms with E-state index < -0.39 is 18.2 Å². The molecule has 0 unspecified atom stereocenters. The largest absolute Gasteiger partial charge is 0.491 e. The molecule has 2 aromatic carbocycles. The second-order valence-electron chi connectivity index (χ2n) is 6.34. The average Bonchev–Trinajstić information content (AvgIpc) is 2.80. The molecule has 0 aliphatic carbocycles. The van der Waals surface area contributed by atoms with E-state index in [1.54, 1.807) is 48.5 Å². The first-order valence-corrected chi connectivity index (χ1v) is 10.3. The van der Waals surface area contributed by atoms with Crippen LogP contribution in [0, 0.1) is 11.3 Å². The summed E-state index contributed by atoms with van der Waals surface area (Å²) in [5.41, 5.74) is 1.59. The van der Waals surface area contributed by atoms with Crippen LogP contribution < -0.4 is 10.1 Å². The average molecular weight is 445 g/mol. The maximum Gasteiger partial charge on any atom is 0.412 e. The van der Waals surface area contributed by atoms with Crippen molar-refractivity contribution in [3.05, 3.63) is 59.7 Å². The first-order chi connectivity index (χ1) is 15.1. The summed E-state index contributed by atoms with van der Waals surface area (Å²) in [5.74, 6) is 0.0521. The lowest BCUT2D eigenvalue weighted by atomic mass is 10.0. The molecule has 0 aromatic heterocycles. The second-order valence-corrected chi connectivity index (χ2v) is 6.66. The zero-order valence-corrected chi connectivity index (χ0v) is 17.7. The Bertz CT molecular complexity index is 898. The summed E-state index contributed by atoms with van der Waals surface area (Å²) >= 11 is 3.86. The molecule has 164 valence electrons. The van der Waals surface area contributed by atoms with E-state index >= 15 is 0 Å². The van der Waals surface area contributed by atoms with E-state index in [0.29, 0.717) is 35.4 Å². The molecule has 0 spiro atoms. The van der Waals surface area contributed by atoms with Crippen molar-refractivity contribution < 1.29 is 28.9 Å². The molecule has 9 heteroatoms. The second kappa shape index (κ2) is 13.2. The number of hydrogen-bond acceptors (Lipinski definition) is 8. The van der Waals surface area contributed by atoms with E-state index in [2.05, 4.69) is 17.9 Å². The predicted octanol–water partition coefficient (Wildman–Crippen LogP) is 3.47. The monoisotopic (exact) mass is 444 g/mol. The van der Waals surface area contributed by atoms with Crippen LogP contribution in [-0.2, 0) is 14.3 Å². The number of nitrogens with zero attached hydrogens (tertiary/aromatic N) is 1. The standard InChI is InChI=1S/C22H24N2O6S/c23-14-16-7-9-17(10-8-16)24-22(27)30-20(6-3-12-29-21(26)15-31)18-4-1-2-5-19(18)28-13-11-25/h1-2,4-5,7-10,20,25,31H,3,6,11-13,15H2,(H,24,27)/t20-/m0/s1. The maximum atomic E-state index is 12.5. The van der Waals surface area contributed by atoms with Crippen LogP contribution in [0.5, 0.6) is 5.75 Å². The molecule has 31 heavy (non-hydrogen) atoms. The molecule has 0 radical (unpaired) electrons. The summed E-state index contributed by atoms with van der Waals surface area (Å²) in [7, 11) is 0. The highest BCUT2D eigenvalue weighted by Gasteiger charge is 2.21. The third-order valence-corrected chi connectivity index (χ3v) is 4.39. The Morgan fingerprint density at radius 1 is 1.13 bits per heavy atom. The SMILES string of the molecule is N#Cc1ccc(NC(=O)O[C@@H](CCCOC(=O)CS)c2ccccc2OCCO)cc1. The van der Waals surface area contributed by atoms with E-state index in [1.807, 2.05) is 6.07 Å². The Balaban J connectivity index is 2.10. The minimum atomic E-state index is -0.681. The zero-order chi connectivity index (χ0) is 22.5. The third kappa shape index (κ3) is 8.20. The van der Waals surface area contributed by atoms with Gasteiger partial charge >= 0.3 is 12.1 Å². The molecule has 0 saturated carbocycles. The summed E-state index contributed by atoms with van der Waals surface area (Å²) in [6.07, 6.45) is -0.537. The van der Waals surface area contributed by atoms with Crippen LogP contribution in [-0.4, -0.2) is 42.7 Å². The molecule has 0 aliphatic heterocycles. The number of amides is 1. The van der Waals surface area contributed by atoms with Crippen molar-refractivity contribution in [2.75, 3.05) is 30.9 Å². The van der Waals surface area contributed by atoms with Crippen molar-refractivity contribution in [1.82, 2.24) is 0 Å². The van der Waals surface area contributed by atoms with Crippen LogP contribution in [0.3, 0.4) is 0 Å². The van der Waals surface area contributed by atoms with Crippen molar-refractivity contribution in [2.45, 2.75) is 18.9 Å². The summed E-state index contributed by atoms with van der Waals surface area (Å²) in [5, 5.41) is 20.6. The molecule has 0 heterocycles. The zero-order valence-electron chi connectivity index (χ0n) is 16.8. The van der Waals surface area contributed by atoms with Gasteiger partial charge in [0.25, 0.3) is 0 Å². The van der Waals surface area contributed by atoms with Gasteiger partial charge in [-0.05, 0) is 43.2 Å². The van der Waals surface area contributed by atoms with Gasteiger partial charge in [-0.25, -0.2) is 4.79 Å². The smallest absolute Gasteiger partial charge is 0.412 e. The number of carbonyl (C=O) groups excluding carboxylic acids is 2. The number of hydrogen-bond donors (Lipinski definition) is 3. The van der Waals surface area contributed by atoms with Gasteiger partial charge in [-0.3, -0.25) is 10.1 Å². The normalized spacial score (nSPS) is 11.1. The molecule has 2 rings (SSSR count). The third-order valence-electron chi connectivity index (χ3n) is 4.13. The number of benzene rings is 2. The van der Waals surface area contributed by atoms with E-state index in [0.717, 1.165) is 0 Å². The molecular weight excluding hydrogens is 420 g/mol. The van der Waals surface area contributed by atoms with E-state index in [9.17, 15) is 9.59 Å². The van der Waals surface area contributed by atoms with Crippen molar-refractivity contribution in [2.24, 2.45) is 0 Å². The first kappa shape index (κ1) is 24.1. The predicted molar refractivity (Wildman–Crippen MR) is 117 cm³/mol. The molecule has 8 nitrogen and oxygen atoms in total. The molecule has 2 aromatic rings. The van der Waals surface area contributed by atoms with Crippen LogP contribution >= 0.6 is 12.6 Å². The number of carbonyl (C=O) groups is 2. The van der Waals surface area contributed by atoms with Gasteiger partial charge in [-0.15, -0.1) is 0 Å². The number of aliphatic hydroxyl groups is 1. The summed E-state index contributed by atoms with van der Waals surface area (Å²) in [4.78, 5) is 23.8. The Labute approximate surface area is 186 Å². The van der Waals surface area contributed by atoms with Gasteiger partial charge in [0.2, 0.25) is 0 Å². The van der Waals surface area contributed by atoms with Gasteiger partial charge in [0.15, 0.2) is 0 Å². The molecule has 0 fully saturated rings. The van der Waals surface area contributed by atoms with Gasteiger partial charge in [0, 0.05) is 11.3 Å². The van der Waals surface area contributed by atoms with Gasteiger partial charge in [-0.1, -0.05) is 18.2 Å². The van der Waals surface area contributed by atoms with Crippen LogP contribution in [0.4, 0.5) is 10.5 Å². The number of nitrogens with one attached hydrogen (secondary N) is 1. The van der Waals surface area contributed by atoms with Gasteiger partial charge in [-0.2, -0.15) is 17.9 Å². The minimum Gasteiger partial charge on any atom is -0.491 e. The van der Waals surface area contributed by atoms with E-state index in [1.165, 1.54) is 0 Å². The molecule has 1 amide bonds. The van der Waals surface area contributed by atoms with Gasteiger partial charge in [0.1, 0.15) is 18.5 Å². The van der Waals surface area contributed by atoms with Crippen molar-refractivity contribution in [1.29, 1.82) is 5.26 Å². The highest BCUT2D eigenvalue weighted by molar-refractivity contribution is 7.81. The van der Waals surface area contributed by atoms with Crippen LogP contribution in [0.25, 0.3) is 0 Å². The number of anilines is 1. The number of aliphatic hydroxyl groups excluding tert-OH is 1. The van der Waals surface area contributed by atoms with Crippen LogP contribution in [0.15, 0.2) is 48.5 Å². The number of ether oxygens (including phenoxy) is 3. The Morgan fingerprint density at radius 3 is 2.55 bits per heavy atom. The number of nitriles is 1. The molecule has 0 aliphatic rings. The Kier molecular flexibility index (Phi) is 10.2. The molecule has 0 bridgehead atoms. The topological polar surface area (TPSA) is 118 Å². The van der Waals surface area contributed by atoms with E-state index in [-0.39, 0.29) is 25.6 Å². The van der Waals surface area contributed by atoms with E-state index in [4.69, 9.17) is 24.6 Å². The lowest BCUT2D eigenvalue weighted by Gasteiger charge is -2.21. The Morgan fingerprint density at radius 2 is 1.87 bits per heavy atom. The van der Waals surface area contributed by atoms with Crippen LogP contribution in [0.2, 0.25) is 0 Å². The molecule has 0 saturated heterocycles.